The zero-order chi connectivity index (χ0) is 28.4. The first-order chi connectivity index (χ1) is 18.6. The summed E-state index contributed by atoms with van der Waals surface area (Å²) in [5.74, 6) is -1.32. The number of halogens is 2. The molecule has 0 fully saturated rings. The summed E-state index contributed by atoms with van der Waals surface area (Å²) in [6.45, 7) is 2.19. The van der Waals surface area contributed by atoms with Gasteiger partial charge in [0.15, 0.2) is 0 Å². The van der Waals surface area contributed by atoms with Gasteiger partial charge in [-0.3, -0.25) is 13.9 Å². The molecule has 1 N–H and O–H groups in total. The Labute approximate surface area is 234 Å². The van der Waals surface area contributed by atoms with Gasteiger partial charge in [0.25, 0.3) is 0 Å². The van der Waals surface area contributed by atoms with Crippen LogP contribution in [-0.4, -0.2) is 50.5 Å². The Bertz CT molecular complexity index is 1370. The molecular formula is C29H33ClFN3O4S. The van der Waals surface area contributed by atoms with Gasteiger partial charge in [-0.2, -0.15) is 0 Å². The molecule has 208 valence electrons. The number of carbonyl (C=O) groups is 2. The van der Waals surface area contributed by atoms with Gasteiger partial charge in [0.1, 0.15) is 11.9 Å². The SMILES string of the molecule is CCNC(=O)[C@@H](Cc1ccccc1)N(Cc1ccccc1Cl)C(=O)CCCN(c1ccccc1F)S(C)(=O)=O. The molecule has 0 radical (unpaired) electrons. The summed E-state index contributed by atoms with van der Waals surface area (Å²) in [5, 5.41) is 3.29. The molecule has 0 spiro atoms. The van der Waals surface area contributed by atoms with Crippen molar-refractivity contribution in [1.29, 1.82) is 0 Å². The average Bonchev–Trinajstić information content (AvgIpc) is 2.90. The van der Waals surface area contributed by atoms with Crippen LogP contribution >= 0.6 is 11.6 Å². The van der Waals surface area contributed by atoms with E-state index in [4.69, 9.17) is 11.6 Å². The van der Waals surface area contributed by atoms with Gasteiger partial charge in [0.2, 0.25) is 21.8 Å². The minimum absolute atomic E-state index is 0.0599. The van der Waals surface area contributed by atoms with Crippen LogP contribution in [0.5, 0.6) is 0 Å². The van der Waals surface area contributed by atoms with Crippen LogP contribution in [0.2, 0.25) is 5.02 Å². The Balaban J connectivity index is 1.88. The number of rotatable bonds is 13. The molecule has 0 unspecified atom stereocenters. The zero-order valence-electron chi connectivity index (χ0n) is 22.0. The van der Waals surface area contributed by atoms with Crippen molar-refractivity contribution in [3.05, 3.63) is 101 Å². The number of amides is 2. The fourth-order valence-electron chi connectivity index (χ4n) is 4.29. The Kier molecular flexibility index (Phi) is 10.9. The number of nitrogens with zero attached hydrogens (tertiary/aromatic N) is 2. The van der Waals surface area contributed by atoms with E-state index in [-0.39, 0.29) is 49.9 Å². The molecule has 3 rings (SSSR count). The molecule has 0 aliphatic carbocycles. The predicted octanol–water partition coefficient (Wildman–Crippen LogP) is 4.80. The van der Waals surface area contributed by atoms with Gasteiger partial charge in [-0.25, -0.2) is 12.8 Å². The van der Waals surface area contributed by atoms with Crippen LogP contribution in [0.25, 0.3) is 0 Å². The van der Waals surface area contributed by atoms with Crippen molar-refractivity contribution in [1.82, 2.24) is 10.2 Å². The first-order valence-electron chi connectivity index (χ1n) is 12.7. The molecule has 0 aliphatic heterocycles. The third kappa shape index (κ3) is 8.53. The molecule has 1 atom stereocenters. The molecule has 2 amide bonds. The maximum absolute atomic E-state index is 14.4. The molecule has 3 aromatic rings. The quantitative estimate of drug-likeness (QED) is 0.318. The lowest BCUT2D eigenvalue weighted by atomic mass is 10.0. The van der Waals surface area contributed by atoms with Crippen LogP contribution < -0.4 is 9.62 Å². The molecule has 3 aromatic carbocycles. The Morgan fingerprint density at radius 3 is 2.26 bits per heavy atom. The number of nitrogens with one attached hydrogen (secondary N) is 1. The molecule has 39 heavy (non-hydrogen) atoms. The van der Waals surface area contributed by atoms with Crippen molar-refractivity contribution in [2.45, 2.75) is 38.8 Å². The van der Waals surface area contributed by atoms with Crippen LogP contribution in [0.4, 0.5) is 10.1 Å². The van der Waals surface area contributed by atoms with Gasteiger partial charge < -0.3 is 10.2 Å². The van der Waals surface area contributed by atoms with Gasteiger partial charge >= 0.3 is 0 Å². The van der Waals surface area contributed by atoms with Crippen LogP contribution in [0, 0.1) is 5.82 Å². The lowest BCUT2D eigenvalue weighted by Crippen LogP contribution is -2.50. The molecule has 7 nitrogen and oxygen atoms in total. The number of hydrogen-bond acceptors (Lipinski definition) is 4. The fourth-order valence-corrected chi connectivity index (χ4v) is 5.45. The minimum Gasteiger partial charge on any atom is -0.355 e. The molecule has 0 heterocycles. The van der Waals surface area contributed by atoms with Crippen molar-refractivity contribution in [3.8, 4) is 0 Å². The summed E-state index contributed by atoms with van der Waals surface area (Å²) in [6.07, 6.45) is 1.34. The van der Waals surface area contributed by atoms with Crippen molar-refractivity contribution < 1.29 is 22.4 Å². The molecule has 0 aromatic heterocycles. The zero-order valence-corrected chi connectivity index (χ0v) is 23.6. The summed E-state index contributed by atoms with van der Waals surface area (Å²) in [4.78, 5) is 28.4. The number of benzene rings is 3. The van der Waals surface area contributed by atoms with Gasteiger partial charge in [0, 0.05) is 37.5 Å². The van der Waals surface area contributed by atoms with Gasteiger partial charge in [-0.1, -0.05) is 72.3 Å². The number of para-hydroxylation sites is 1. The summed E-state index contributed by atoms with van der Waals surface area (Å²) in [7, 11) is -3.80. The Morgan fingerprint density at radius 2 is 1.62 bits per heavy atom. The third-order valence-electron chi connectivity index (χ3n) is 6.19. The second-order valence-corrected chi connectivity index (χ2v) is 11.4. The number of anilines is 1. The van der Waals surface area contributed by atoms with E-state index in [0.717, 1.165) is 16.1 Å². The molecular weight excluding hydrogens is 541 g/mol. The highest BCUT2D eigenvalue weighted by Gasteiger charge is 2.31. The first-order valence-corrected chi connectivity index (χ1v) is 14.9. The smallest absolute Gasteiger partial charge is 0.243 e. The molecule has 0 saturated heterocycles. The molecule has 0 bridgehead atoms. The van der Waals surface area contributed by atoms with Crippen LogP contribution in [0.15, 0.2) is 78.9 Å². The van der Waals surface area contributed by atoms with Gasteiger partial charge in [0.05, 0.1) is 11.9 Å². The lowest BCUT2D eigenvalue weighted by Gasteiger charge is -2.32. The molecule has 0 saturated carbocycles. The Morgan fingerprint density at radius 1 is 0.974 bits per heavy atom. The fraction of sp³-hybridized carbons (Fsp3) is 0.310. The minimum atomic E-state index is -3.80. The number of carbonyl (C=O) groups excluding carboxylic acids is 2. The van der Waals surface area contributed by atoms with Gasteiger partial charge in [-0.15, -0.1) is 0 Å². The third-order valence-corrected chi connectivity index (χ3v) is 7.74. The Hall–Kier alpha value is -3.43. The van der Waals surface area contributed by atoms with E-state index in [1.807, 2.05) is 30.3 Å². The van der Waals surface area contributed by atoms with E-state index in [1.165, 1.54) is 23.1 Å². The maximum Gasteiger partial charge on any atom is 0.243 e. The highest BCUT2D eigenvalue weighted by molar-refractivity contribution is 7.92. The highest BCUT2D eigenvalue weighted by Crippen LogP contribution is 2.24. The van der Waals surface area contributed by atoms with Crippen molar-refractivity contribution >= 4 is 39.1 Å². The van der Waals surface area contributed by atoms with Crippen molar-refractivity contribution in [2.24, 2.45) is 0 Å². The van der Waals surface area contributed by atoms with Gasteiger partial charge in [-0.05, 0) is 42.7 Å². The monoisotopic (exact) mass is 573 g/mol. The number of likely N-dealkylation sites (N-methyl/N-ethyl adjacent to an activating group) is 1. The van der Waals surface area contributed by atoms with Crippen molar-refractivity contribution in [3.63, 3.8) is 0 Å². The standard InChI is InChI=1S/C29H33ClFN3O4S/c1-3-32-29(36)27(20-22-12-5-4-6-13-22)33(21-23-14-7-8-15-24(23)30)28(35)18-11-19-34(39(2,37)38)26-17-10-9-16-25(26)31/h4-10,12-17,27H,3,11,18-21H2,1-2H3,(H,32,36)/t27-/m1/s1. The predicted molar refractivity (Wildman–Crippen MR) is 152 cm³/mol. The lowest BCUT2D eigenvalue weighted by molar-refractivity contribution is -0.141. The first kappa shape index (κ1) is 30.1. The van der Waals surface area contributed by atoms with Crippen LogP contribution in [0.3, 0.4) is 0 Å². The number of sulfonamides is 1. The molecule has 10 heteroatoms. The van der Waals surface area contributed by atoms with E-state index < -0.39 is 21.9 Å². The van der Waals surface area contributed by atoms with E-state index in [1.54, 1.807) is 37.3 Å². The average molecular weight is 574 g/mol. The van der Waals surface area contributed by atoms with E-state index in [0.29, 0.717) is 17.1 Å². The maximum atomic E-state index is 14.4. The summed E-state index contributed by atoms with van der Waals surface area (Å²) in [5.41, 5.74) is 1.48. The number of hydrogen-bond donors (Lipinski definition) is 1. The summed E-state index contributed by atoms with van der Waals surface area (Å²) < 4.78 is 40.2. The second kappa shape index (κ2) is 14.1. The second-order valence-electron chi connectivity index (χ2n) is 9.10. The highest BCUT2D eigenvalue weighted by atomic mass is 35.5. The normalized spacial score (nSPS) is 12.0. The molecule has 0 aliphatic rings. The van der Waals surface area contributed by atoms with Crippen molar-refractivity contribution in [2.75, 3.05) is 23.7 Å². The summed E-state index contributed by atoms with van der Waals surface area (Å²) >= 11 is 6.41. The largest absolute Gasteiger partial charge is 0.355 e. The van der Waals surface area contributed by atoms with E-state index >= 15 is 0 Å². The van der Waals surface area contributed by atoms with Crippen LogP contribution in [-0.2, 0) is 32.6 Å². The van der Waals surface area contributed by atoms with E-state index in [2.05, 4.69) is 5.32 Å². The topological polar surface area (TPSA) is 86.8 Å². The van der Waals surface area contributed by atoms with E-state index in [9.17, 15) is 22.4 Å². The van der Waals surface area contributed by atoms with Crippen LogP contribution in [0.1, 0.15) is 30.9 Å². The summed E-state index contributed by atoms with van der Waals surface area (Å²) in [6, 6.07) is 21.3.